The number of hydrogen-bond donors (Lipinski definition) is 3. The molecule has 4 N–H and O–H groups in total. The molecule has 0 aliphatic heterocycles. The third-order valence-corrected chi connectivity index (χ3v) is 3.92. The minimum atomic E-state index is -0.963. The van der Waals surface area contributed by atoms with Crippen molar-refractivity contribution >= 4 is 17.6 Å². The van der Waals surface area contributed by atoms with E-state index in [2.05, 4.69) is 5.32 Å². The van der Waals surface area contributed by atoms with Gasteiger partial charge in [-0.15, -0.1) is 0 Å². The predicted octanol–water partition coefficient (Wildman–Crippen LogP) is 2.32. The second-order valence-corrected chi connectivity index (χ2v) is 5.60. The fourth-order valence-corrected chi connectivity index (χ4v) is 2.89. The van der Waals surface area contributed by atoms with Crippen molar-refractivity contribution in [2.45, 2.75) is 44.1 Å². The number of nitrogens with one attached hydrogen (secondary N) is 1. The number of carbonyl (C=O) groups is 2. The summed E-state index contributed by atoms with van der Waals surface area (Å²) < 4.78 is 13.8. The minimum Gasteiger partial charge on any atom is -0.481 e. The molecule has 114 valence electrons. The first-order valence-corrected chi connectivity index (χ1v) is 7.01. The highest BCUT2D eigenvalue weighted by molar-refractivity contribution is 5.95. The van der Waals surface area contributed by atoms with E-state index >= 15 is 0 Å². The smallest absolute Gasteiger partial charge is 0.305 e. The van der Waals surface area contributed by atoms with Crippen LogP contribution in [0, 0.1) is 5.82 Å². The number of carboxylic acids is 1. The standard InChI is InChI=1S/C15H19FN2O3/c16-12-8-10(17)4-5-11(12)14(21)18-15(9-13(19)20)6-2-1-3-7-15/h4-5,8H,1-3,6-7,9,17H2,(H,18,21)(H,19,20). The lowest BCUT2D eigenvalue weighted by atomic mass is 9.79. The Labute approximate surface area is 122 Å². The molecule has 1 saturated carbocycles. The summed E-state index contributed by atoms with van der Waals surface area (Å²) in [6.07, 6.45) is 3.79. The lowest BCUT2D eigenvalue weighted by Crippen LogP contribution is -2.51. The van der Waals surface area contributed by atoms with Crippen LogP contribution in [0.2, 0.25) is 0 Å². The van der Waals surface area contributed by atoms with Gasteiger partial charge in [0.05, 0.1) is 17.5 Å². The summed E-state index contributed by atoms with van der Waals surface area (Å²) in [4.78, 5) is 23.3. The number of carboxylic acid groups (broad SMARTS) is 1. The summed E-state index contributed by atoms with van der Waals surface area (Å²) in [6.45, 7) is 0. The van der Waals surface area contributed by atoms with Gasteiger partial charge in [0.1, 0.15) is 5.82 Å². The second kappa shape index (κ2) is 6.11. The summed E-state index contributed by atoms with van der Waals surface area (Å²) in [7, 11) is 0. The molecule has 0 bridgehead atoms. The number of halogens is 1. The molecule has 0 heterocycles. The van der Waals surface area contributed by atoms with Crippen molar-refractivity contribution < 1.29 is 19.1 Å². The molecule has 2 rings (SSSR count). The first kappa shape index (κ1) is 15.3. The third kappa shape index (κ3) is 3.71. The van der Waals surface area contributed by atoms with Gasteiger partial charge < -0.3 is 16.2 Å². The highest BCUT2D eigenvalue weighted by Gasteiger charge is 2.36. The Bertz CT molecular complexity index is 554. The Balaban J connectivity index is 2.19. The molecule has 0 spiro atoms. The number of nitrogen functional groups attached to an aromatic ring is 1. The topological polar surface area (TPSA) is 92.4 Å². The third-order valence-electron chi connectivity index (χ3n) is 3.92. The SMILES string of the molecule is Nc1ccc(C(=O)NC2(CC(=O)O)CCCCC2)c(F)c1. The van der Waals surface area contributed by atoms with Crippen LogP contribution in [0.1, 0.15) is 48.9 Å². The predicted molar refractivity (Wildman–Crippen MR) is 76.3 cm³/mol. The van der Waals surface area contributed by atoms with Crippen LogP contribution in [-0.2, 0) is 4.79 Å². The van der Waals surface area contributed by atoms with Gasteiger partial charge in [0, 0.05) is 5.69 Å². The number of benzene rings is 1. The summed E-state index contributed by atoms with van der Waals surface area (Å²) in [5, 5.41) is 11.8. The molecule has 0 aromatic heterocycles. The lowest BCUT2D eigenvalue weighted by Gasteiger charge is -2.37. The molecular formula is C15H19FN2O3. The van der Waals surface area contributed by atoms with Crippen molar-refractivity contribution in [2.75, 3.05) is 5.73 Å². The van der Waals surface area contributed by atoms with Crippen LogP contribution >= 0.6 is 0 Å². The van der Waals surface area contributed by atoms with Crippen LogP contribution in [0.15, 0.2) is 18.2 Å². The zero-order valence-electron chi connectivity index (χ0n) is 11.7. The van der Waals surface area contributed by atoms with E-state index in [0.29, 0.717) is 12.8 Å². The average molecular weight is 294 g/mol. The summed E-state index contributed by atoms with van der Waals surface area (Å²) in [6, 6.07) is 3.85. The zero-order chi connectivity index (χ0) is 15.5. The van der Waals surface area contributed by atoms with E-state index in [9.17, 15) is 14.0 Å². The van der Waals surface area contributed by atoms with Gasteiger partial charge in [-0.2, -0.15) is 0 Å². The molecular weight excluding hydrogens is 275 g/mol. The van der Waals surface area contributed by atoms with Gasteiger partial charge in [0.25, 0.3) is 5.91 Å². The Hall–Kier alpha value is -2.11. The maximum Gasteiger partial charge on any atom is 0.305 e. The lowest BCUT2D eigenvalue weighted by molar-refractivity contribution is -0.139. The fraction of sp³-hybridized carbons (Fsp3) is 0.467. The van der Waals surface area contributed by atoms with Crippen molar-refractivity contribution in [3.8, 4) is 0 Å². The zero-order valence-corrected chi connectivity index (χ0v) is 11.7. The van der Waals surface area contributed by atoms with Crippen LogP contribution in [-0.4, -0.2) is 22.5 Å². The van der Waals surface area contributed by atoms with Crippen LogP contribution in [0.4, 0.5) is 10.1 Å². The molecule has 1 aromatic rings. The molecule has 0 unspecified atom stereocenters. The van der Waals surface area contributed by atoms with E-state index in [0.717, 1.165) is 25.3 Å². The molecule has 6 heteroatoms. The van der Waals surface area contributed by atoms with E-state index in [1.54, 1.807) is 0 Å². The van der Waals surface area contributed by atoms with Gasteiger partial charge in [-0.05, 0) is 31.0 Å². The first-order chi connectivity index (χ1) is 9.92. The van der Waals surface area contributed by atoms with Gasteiger partial charge in [0.15, 0.2) is 0 Å². The Morgan fingerprint density at radius 2 is 1.95 bits per heavy atom. The number of rotatable bonds is 4. The minimum absolute atomic E-state index is 0.112. The molecule has 1 aliphatic carbocycles. The Morgan fingerprint density at radius 1 is 1.29 bits per heavy atom. The maximum atomic E-state index is 13.8. The number of nitrogens with two attached hydrogens (primary N) is 1. The van der Waals surface area contributed by atoms with Crippen LogP contribution < -0.4 is 11.1 Å². The highest BCUT2D eigenvalue weighted by Crippen LogP contribution is 2.31. The van der Waals surface area contributed by atoms with Gasteiger partial charge >= 0.3 is 5.97 Å². The van der Waals surface area contributed by atoms with Gasteiger partial charge in [0.2, 0.25) is 0 Å². The number of aliphatic carboxylic acids is 1. The average Bonchev–Trinajstić information content (AvgIpc) is 2.38. The van der Waals surface area contributed by atoms with Crippen molar-refractivity contribution in [1.29, 1.82) is 0 Å². The van der Waals surface area contributed by atoms with Crippen molar-refractivity contribution in [1.82, 2.24) is 5.32 Å². The summed E-state index contributed by atoms with van der Waals surface area (Å²) in [5.41, 5.74) is 4.80. The summed E-state index contributed by atoms with van der Waals surface area (Å²) in [5.74, 6) is -2.25. The molecule has 1 amide bonds. The van der Waals surface area contributed by atoms with E-state index < -0.39 is 23.2 Å². The van der Waals surface area contributed by atoms with Gasteiger partial charge in [-0.25, -0.2) is 4.39 Å². The second-order valence-electron chi connectivity index (χ2n) is 5.60. The van der Waals surface area contributed by atoms with Crippen molar-refractivity contribution in [2.24, 2.45) is 0 Å². The first-order valence-electron chi connectivity index (χ1n) is 7.01. The van der Waals surface area contributed by atoms with Crippen LogP contribution in [0.25, 0.3) is 0 Å². The molecule has 0 atom stereocenters. The Kier molecular flexibility index (Phi) is 4.45. The molecule has 1 fully saturated rings. The van der Waals surface area contributed by atoms with E-state index in [1.807, 2.05) is 0 Å². The van der Waals surface area contributed by atoms with E-state index in [4.69, 9.17) is 10.8 Å². The molecule has 0 saturated heterocycles. The largest absolute Gasteiger partial charge is 0.481 e. The van der Waals surface area contributed by atoms with E-state index in [1.165, 1.54) is 12.1 Å². The van der Waals surface area contributed by atoms with Crippen LogP contribution in [0.5, 0.6) is 0 Å². The highest BCUT2D eigenvalue weighted by atomic mass is 19.1. The monoisotopic (exact) mass is 294 g/mol. The quantitative estimate of drug-likeness (QED) is 0.743. The molecule has 5 nitrogen and oxygen atoms in total. The number of anilines is 1. The fourth-order valence-electron chi connectivity index (χ4n) is 2.89. The van der Waals surface area contributed by atoms with Crippen molar-refractivity contribution in [3.63, 3.8) is 0 Å². The van der Waals surface area contributed by atoms with Crippen LogP contribution in [0.3, 0.4) is 0 Å². The number of amides is 1. The number of carbonyl (C=O) groups excluding carboxylic acids is 1. The van der Waals surface area contributed by atoms with Gasteiger partial charge in [-0.3, -0.25) is 9.59 Å². The molecule has 1 aromatic carbocycles. The van der Waals surface area contributed by atoms with Gasteiger partial charge in [-0.1, -0.05) is 19.3 Å². The summed E-state index contributed by atoms with van der Waals surface area (Å²) >= 11 is 0. The molecule has 0 radical (unpaired) electrons. The normalized spacial score (nSPS) is 17.2. The van der Waals surface area contributed by atoms with Crippen molar-refractivity contribution in [3.05, 3.63) is 29.6 Å². The Morgan fingerprint density at radius 3 is 2.52 bits per heavy atom. The maximum absolute atomic E-state index is 13.8. The molecule has 21 heavy (non-hydrogen) atoms. The number of hydrogen-bond acceptors (Lipinski definition) is 3. The van der Waals surface area contributed by atoms with E-state index in [-0.39, 0.29) is 17.7 Å². The molecule has 1 aliphatic rings.